The number of carboxylic acids is 1. The molecule has 0 amide bonds. The van der Waals surface area contributed by atoms with Crippen molar-refractivity contribution in [3.05, 3.63) is 38.9 Å². The zero-order valence-corrected chi connectivity index (χ0v) is 13.7. The number of anilines is 2. The van der Waals surface area contributed by atoms with Crippen LogP contribution in [0.5, 0.6) is 0 Å². The van der Waals surface area contributed by atoms with Gasteiger partial charge in [-0.3, -0.25) is 0 Å². The molecule has 6 heteroatoms. The van der Waals surface area contributed by atoms with Crippen LogP contribution in [0.2, 0.25) is 5.02 Å². The Hall–Kier alpha value is -1.59. The Morgan fingerprint density at radius 2 is 2.14 bits per heavy atom. The van der Waals surface area contributed by atoms with Crippen LogP contribution in [0.3, 0.4) is 0 Å². The normalized spacial score (nSPS) is 10.7. The fraction of sp³-hybridized carbons (Fsp3) is 0.333. The van der Waals surface area contributed by atoms with Crippen molar-refractivity contribution in [3.63, 3.8) is 0 Å². The van der Waals surface area contributed by atoms with Gasteiger partial charge in [0.15, 0.2) is 5.13 Å². The third kappa shape index (κ3) is 3.54. The maximum absolute atomic E-state index is 11.3. The molecule has 0 aliphatic rings. The number of nitrogens with zero attached hydrogens (tertiary/aromatic N) is 1. The van der Waals surface area contributed by atoms with Crippen LogP contribution < -0.4 is 5.32 Å². The Balaban J connectivity index is 2.36. The molecule has 0 aliphatic heterocycles. The molecule has 2 aromatic rings. The predicted octanol–water partition coefficient (Wildman–Crippen LogP) is 4.81. The molecule has 4 nitrogen and oxygen atoms in total. The summed E-state index contributed by atoms with van der Waals surface area (Å²) in [6.07, 6.45) is 1.51. The molecule has 0 unspecified atom stereocenters. The third-order valence-electron chi connectivity index (χ3n) is 3.04. The Kier molecular flexibility index (Phi) is 4.85. The van der Waals surface area contributed by atoms with E-state index in [0.29, 0.717) is 27.1 Å². The van der Waals surface area contributed by atoms with Crippen molar-refractivity contribution in [2.75, 3.05) is 5.32 Å². The number of rotatable bonds is 5. The van der Waals surface area contributed by atoms with Crippen LogP contribution in [0, 0.1) is 13.8 Å². The van der Waals surface area contributed by atoms with Crippen LogP contribution in [-0.2, 0) is 6.42 Å². The molecule has 1 aromatic heterocycles. The molecule has 112 valence electrons. The number of aromatic nitrogens is 1. The first kappa shape index (κ1) is 15.8. The van der Waals surface area contributed by atoms with Gasteiger partial charge in [0.25, 0.3) is 0 Å². The summed E-state index contributed by atoms with van der Waals surface area (Å²) in [6, 6.07) is 3.89. The minimum atomic E-state index is -0.935. The zero-order valence-electron chi connectivity index (χ0n) is 12.2. The van der Waals surface area contributed by atoms with Gasteiger partial charge in [0.05, 0.1) is 16.4 Å². The number of hydrogen-bond donors (Lipinski definition) is 2. The van der Waals surface area contributed by atoms with Gasteiger partial charge in [0.1, 0.15) is 4.88 Å². The lowest BCUT2D eigenvalue weighted by atomic mass is 10.1. The minimum absolute atomic E-state index is 0.292. The summed E-state index contributed by atoms with van der Waals surface area (Å²) in [6.45, 7) is 5.94. The summed E-state index contributed by atoms with van der Waals surface area (Å²) in [7, 11) is 0. The molecule has 2 rings (SSSR count). The van der Waals surface area contributed by atoms with E-state index in [-0.39, 0.29) is 0 Å². The summed E-state index contributed by atoms with van der Waals surface area (Å²) in [5.74, 6) is -0.935. The molecule has 0 aliphatic carbocycles. The van der Waals surface area contributed by atoms with Crippen LogP contribution in [-0.4, -0.2) is 16.1 Å². The summed E-state index contributed by atoms with van der Waals surface area (Å²) in [4.78, 5) is 15.9. The monoisotopic (exact) mass is 324 g/mol. The van der Waals surface area contributed by atoms with Crippen molar-refractivity contribution in [1.29, 1.82) is 0 Å². The average molecular weight is 325 g/mol. The van der Waals surface area contributed by atoms with Gasteiger partial charge in [-0.2, -0.15) is 0 Å². The summed E-state index contributed by atoms with van der Waals surface area (Å²) in [5, 5.41) is 13.6. The number of thiazole rings is 1. The Bertz CT molecular complexity index is 659. The predicted molar refractivity (Wildman–Crippen MR) is 87.3 cm³/mol. The quantitative estimate of drug-likeness (QED) is 0.828. The van der Waals surface area contributed by atoms with Crippen LogP contribution in [0.1, 0.15) is 39.8 Å². The molecule has 0 saturated carbocycles. The fourth-order valence-electron chi connectivity index (χ4n) is 2.16. The van der Waals surface area contributed by atoms with Crippen molar-refractivity contribution in [2.45, 2.75) is 33.6 Å². The van der Waals surface area contributed by atoms with Crippen molar-refractivity contribution < 1.29 is 9.90 Å². The third-order valence-corrected chi connectivity index (χ3v) is 4.34. The molecule has 0 bridgehead atoms. The van der Waals surface area contributed by atoms with E-state index >= 15 is 0 Å². The zero-order chi connectivity index (χ0) is 15.6. The van der Waals surface area contributed by atoms with Crippen LogP contribution in [0.15, 0.2) is 12.1 Å². The largest absolute Gasteiger partial charge is 0.477 e. The molecule has 0 spiro atoms. The molecule has 2 N–H and O–H groups in total. The molecule has 1 heterocycles. The second-order valence-corrected chi connectivity index (χ2v) is 6.32. The number of aryl methyl sites for hydroxylation is 3. The summed E-state index contributed by atoms with van der Waals surface area (Å²) < 4.78 is 0. The van der Waals surface area contributed by atoms with E-state index in [1.807, 2.05) is 32.9 Å². The van der Waals surface area contributed by atoms with E-state index in [9.17, 15) is 9.90 Å². The van der Waals surface area contributed by atoms with Crippen LogP contribution in [0.4, 0.5) is 10.8 Å². The first-order chi connectivity index (χ1) is 9.92. The molecule has 0 fully saturated rings. The second kappa shape index (κ2) is 6.45. The summed E-state index contributed by atoms with van der Waals surface area (Å²) in [5.41, 5.74) is 3.48. The smallest absolute Gasteiger partial charge is 0.347 e. The Labute approximate surface area is 132 Å². The highest BCUT2D eigenvalue weighted by Gasteiger charge is 2.17. The van der Waals surface area contributed by atoms with Crippen molar-refractivity contribution in [2.24, 2.45) is 0 Å². The maximum atomic E-state index is 11.3. The molecular weight excluding hydrogens is 308 g/mol. The Morgan fingerprint density at radius 1 is 1.43 bits per heavy atom. The highest BCUT2D eigenvalue weighted by atomic mass is 35.5. The van der Waals surface area contributed by atoms with Gasteiger partial charge < -0.3 is 10.4 Å². The van der Waals surface area contributed by atoms with E-state index in [4.69, 9.17) is 11.6 Å². The van der Waals surface area contributed by atoms with Gasteiger partial charge in [-0.05, 0) is 37.5 Å². The SMILES string of the molecule is CCCc1nc(Nc2c(C)cc(C)cc2Cl)sc1C(=O)O. The van der Waals surface area contributed by atoms with Crippen molar-refractivity contribution in [3.8, 4) is 0 Å². The van der Waals surface area contributed by atoms with Crippen molar-refractivity contribution in [1.82, 2.24) is 4.98 Å². The number of carbonyl (C=O) groups is 1. The van der Waals surface area contributed by atoms with Gasteiger partial charge in [0, 0.05) is 0 Å². The molecule has 0 saturated heterocycles. The molecule has 21 heavy (non-hydrogen) atoms. The number of carboxylic acid groups (broad SMARTS) is 1. The van der Waals surface area contributed by atoms with E-state index in [2.05, 4.69) is 10.3 Å². The van der Waals surface area contributed by atoms with Gasteiger partial charge in [-0.25, -0.2) is 9.78 Å². The van der Waals surface area contributed by atoms with E-state index in [1.54, 1.807) is 0 Å². The molecule has 0 atom stereocenters. The second-order valence-electron chi connectivity index (χ2n) is 4.91. The molecule has 0 radical (unpaired) electrons. The van der Waals surface area contributed by atoms with Gasteiger partial charge >= 0.3 is 5.97 Å². The van der Waals surface area contributed by atoms with Crippen molar-refractivity contribution >= 4 is 39.7 Å². The van der Waals surface area contributed by atoms with Crippen LogP contribution >= 0.6 is 22.9 Å². The van der Waals surface area contributed by atoms with Gasteiger partial charge in [-0.15, -0.1) is 0 Å². The maximum Gasteiger partial charge on any atom is 0.347 e. The average Bonchev–Trinajstić information content (AvgIpc) is 2.77. The first-order valence-electron chi connectivity index (χ1n) is 6.69. The van der Waals surface area contributed by atoms with E-state index in [0.717, 1.165) is 34.6 Å². The summed E-state index contributed by atoms with van der Waals surface area (Å²) >= 11 is 7.40. The molecule has 1 aromatic carbocycles. The fourth-order valence-corrected chi connectivity index (χ4v) is 3.38. The molecular formula is C15H17ClN2O2S. The highest BCUT2D eigenvalue weighted by Crippen LogP contribution is 2.33. The number of halogens is 1. The van der Waals surface area contributed by atoms with Crippen LogP contribution in [0.25, 0.3) is 0 Å². The highest BCUT2D eigenvalue weighted by molar-refractivity contribution is 7.17. The number of nitrogens with one attached hydrogen (secondary N) is 1. The standard InChI is InChI=1S/C15H17ClN2O2S/c1-4-5-11-13(14(19)20)21-15(17-11)18-12-9(3)6-8(2)7-10(12)16/h6-7H,4-5H2,1-3H3,(H,17,18)(H,19,20). The number of hydrogen-bond acceptors (Lipinski definition) is 4. The van der Waals surface area contributed by atoms with Gasteiger partial charge in [0.2, 0.25) is 0 Å². The lowest BCUT2D eigenvalue weighted by Crippen LogP contribution is -1.98. The minimum Gasteiger partial charge on any atom is -0.477 e. The Morgan fingerprint density at radius 3 is 2.71 bits per heavy atom. The van der Waals surface area contributed by atoms with Gasteiger partial charge in [-0.1, -0.05) is 42.3 Å². The lowest BCUT2D eigenvalue weighted by Gasteiger charge is -2.10. The van der Waals surface area contributed by atoms with E-state index in [1.165, 1.54) is 0 Å². The van der Waals surface area contributed by atoms with E-state index < -0.39 is 5.97 Å². The number of aromatic carboxylic acids is 1. The first-order valence-corrected chi connectivity index (χ1v) is 7.88. The number of benzene rings is 1. The topological polar surface area (TPSA) is 62.2 Å². The lowest BCUT2D eigenvalue weighted by molar-refractivity contribution is 0.0700.